The lowest BCUT2D eigenvalue weighted by Gasteiger charge is -2.11. The van der Waals surface area contributed by atoms with Gasteiger partial charge in [0.05, 0.1) is 6.61 Å². The topological polar surface area (TPSA) is 47.6 Å². The molecule has 22 heavy (non-hydrogen) atoms. The third-order valence-electron chi connectivity index (χ3n) is 2.89. The van der Waals surface area contributed by atoms with Crippen molar-refractivity contribution in [2.24, 2.45) is 0 Å². The third kappa shape index (κ3) is 4.97. The molecule has 2 aromatic rings. The maximum atomic E-state index is 11.8. The SMILES string of the molecule is CCOc1ccccc1OCC(=O)NCc1cccc(Cl)c1. The first-order valence-corrected chi connectivity index (χ1v) is 7.42. The number of hydrogen-bond donors (Lipinski definition) is 1. The number of rotatable bonds is 7. The van der Waals surface area contributed by atoms with Crippen LogP contribution in [0.5, 0.6) is 11.5 Å². The summed E-state index contributed by atoms with van der Waals surface area (Å²) in [6.07, 6.45) is 0. The van der Waals surface area contributed by atoms with Crippen LogP contribution in [0.25, 0.3) is 0 Å². The second kappa shape index (κ2) is 8.29. The normalized spacial score (nSPS) is 10.1. The lowest BCUT2D eigenvalue weighted by atomic mass is 10.2. The summed E-state index contributed by atoms with van der Waals surface area (Å²) in [5, 5.41) is 3.43. The van der Waals surface area contributed by atoms with Gasteiger partial charge in [0.15, 0.2) is 18.1 Å². The fourth-order valence-corrected chi connectivity index (χ4v) is 2.10. The van der Waals surface area contributed by atoms with Crippen molar-refractivity contribution >= 4 is 17.5 Å². The number of benzene rings is 2. The highest BCUT2D eigenvalue weighted by atomic mass is 35.5. The molecule has 116 valence electrons. The van der Waals surface area contributed by atoms with E-state index in [1.165, 1.54) is 0 Å². The van der Waals surface area contributed by atoms with Crippen molar-refractivity contribution in [2.75, 3.05) is 13.2 Å². The largest absolute Gasteiger partial charge is 0.490 e. The van der Waals surface area contributed by atoms with Crippen LogP contribution in [0.1, 0.15) is 12.5 Å². The Kier molecular flexibility index (Phi) is 6.10. The van der Waals surface area contributed by atoms with E-state index in [2.05, 4.69) is 5.32 Å². The Hall–Kier alpha value is -2.20. The quantitative estimate of drug-likeness (QED) is 0.850. The summed E-state index contributed by atoms with van der Waals surface area (Å²) in [5.74, 6) is 0.987. The monoisotopic (exact) mass is 319 g/mol. The molecule has 0 aliphatic heterocycles. The number of para-hydroxylation sites is 2. The number of hydrogen-bond acceptors (Lipinski definition) is 3. The van der Waals surface area contributed by atoms with Crippen LogP contribution in [0.3, 0.4) is 0 Å². The second-order valence-electron chi connectivity index (χ2n) is 4.58. The van der Waals surface area contributed by atoms with Crippen molar-refractivity contribution in [1.82, 2.24) is 5.32 Å². The summed E-state index contributed by atoms with van der Waals surface area (Å²) in [6, 6.07) is 14.6. The van der Waals surface area contributed by atoms with E-state index < -0.39 is 0 Å². The zero-order valence-electron chi connectivity index (χ0n) is 12.3. The van der Waals surface area contributed by atoms with Gasteiger partial charge in [0.2, 0.25) is 0 Å². The fraction of sp³-hybridized carbons (Fsp3) is 0.235. The molecular formula is C17H18ClNO3. The Morgan fingerprint density at radius 2 is 1.82 bits per heavy atom. The van der Waals surface area contributed by atoms with Gasteiger partial charge in [0.25, 0.3) is 5.91 Å². The Morgan fingerprint density at radius 3 is 2.50 bits per heavy atom. The maximum Gasteiger partial charge on any atom is 0.258 e. The highest BCUT2D eigenvalue weighted by Crippen LogP contribution is 2.26. The highest BCUT2D eigenvalue weighted by molar-refractivity contribution is 6.30. The molecule has 1 amide bonds. The van der Waals surface area contributed by atoms with Gasteiger partial charge in [-0.1, -0.05) is 35.9 Å². The minimum Gasteiger partial charge on any atom is -0.490 e. The minimum absolute atomic E-state index is 0.0648. The molecule has 2 rings (SSSR count). The summed E-state index contributed by atoms with van der Waals surface area (Å²) in [4.78, 5) is 11.8. The van der Waals surface area contributed by atoms with Crippen molar-refractivity contribution in [3.63, 3.8) is 0 Å². The van der Waals surface area contributed by atoms with E-state index in [-0.39, 0.29) is 12.5 Å². The van der Waals surface area contributed by atoms with Crippen molar-refractivity contribution < 1.29 is 14.3 Å². The molecule has 0 bridgehead atoms. The summed E-state index contributed by atoms with van der Waals surface area (Å²) < 4.78 is 10.9. The first-order valence-electron chi connectivity index (χ1n) is 7.05. The first kappa shape index (κ1) is 16.2. The standard InChI is InChI=1S/C17H18ClNO3/c1-2-21-15-8-3-4-9-16(15)22-12-17(20)19-11-13-6-5-7-14(18)10-13/h3-10H,2,11-12H2,1H3,(H,19,20). The lowest BCUT2D eigenvalue weighted by molar-refractivity contribution is -0.123. The number of carbonyl (C=O) groups is 1. The Labute approximate surface area is 135 Å². The zero-order valence-corrected chi connectivity index (χ0v) is 13.1. The van der Waals surface area contributed by atoms with Gasteiger partial charge in [-0.05, 0) is 36.8 Å². The van der Waals surface area contributed by atoms with Crippen LogP contribution in [-0.4, -0.2) is 19.1 Å². The van der Waals surface area contributed by atoms with Crippen LogP contribution >= 0.6 is 11.6 Å². The minimum atomic E-state index is -0.203. The molecule has 0 saturated heterocycles. The van der Waals surface area contributed by atoms with Crippen LogP contribution in [0.2, 0.25) is 5.02 Å². The van der Waals surface area contributed by atoms with Crippen molar-refractivity contribution in [2.45, 2.75) is 13.5 Å². The number of nitrogens with one attached hydrogen (secondary N) is 1. The van der Waals surface area contributed by atoms with Crippen molar-refractivity contribution in [3.05, 3.63) is 59.1 Å². The van der Waals surface area contributed by atoms with Gasteiger partial charge in [-0.15, -0.1) is 0 Å². The van der Waals surface area contributed by atoms with Gasteiger partial charge in [-0.3, -0.25) is 4.79 Å². The van der Waals surface area contributed by atoms with Gasteiger partial charge in [-0.25, -0.2) is 0 Å². The van der Waals surface area contributed by atoms with Crippen LogP contribution in [-0.2, 0) is 11.3 Å². The Balaban J connectivity index is 1.83. The predicted molar refractivity (Wildman–Crippen MR) is 86.4 cm³/mol. The molecule has 5 heteroatoms. The lowest BCUT2D eigenvalue weighted by Crippen LogP contribution is -2.28. The van der Waals surface area contributed by atoms with Crippen LogP contribution in [0.15, 0.2) is 48.5 Å². The van der Waals surface area contributed by atoms with Crippen LogP contribution in [0, 0.1) is 0 Å². The van der Waals surface area contributed by atoms with E-state index in [9.17, 15) is 4.79 Å². The van der Waals surface area contributed by atoms with Gasteiger partial charge < -0.3 is 14.8 Å². The van der Waals surface area contributed by atoms with Gasteiger partial charge >= 0.3 is 0 Å². The molecule has 0 radical (unpaired) electrons. The second-order valence-corrected chi connectivity index (χ2v) is 5.01. The smallest absolute Gasteiger partial charge is 0.258 e. The van der Waals surface area contributed by atoms with Crippen LogP contribution < -0.4 is 14.8 Å². The first-order chi connectivity index (χ1) is 10.7. The van der Waals surface area contributed by atoms with Crippen molar-refractivity contribution in [3.8, 4) is 11.5 Å². The number of halogens is 1. The average molecular weight is 320 g/mol. The molecule has 2 aromatic carbocycles. The summed E-state index contributed by atoms with van der Waals surface area (Å²) in [6.45, 7) is 2.79. The van der Waals surface area contributed by atoms with Crippen molar-refractivity contribution in [1.29, 1.82) is 0 Å². The summed E-state index contributed by atoms with van der Waals surface area (Å²) >= 11 is 5.90. The highest BCUT2D eigenvalue weighted by Gasteiger charge is 2.07. The zero-order chi connectivity index (χ0) is 15.8. The van der Waals surface area contributed by atoms with E-state index in [0.29, 0.717) is 29.7 Å². The Morgan fingerprint density at radius 1 is 1.09 bits per heavy atom. The molecule has 0 atom stereocenters. The van der Waals surface area contributed by atoms with E-state index in [1.807, 2.05) is 43.3 Å². The summed E-state index contributed by atoms with van der Waals surface area (Å²) in [5.41, 5.74) is 0.940. The average Bonchev–Trinajstić information content (AvgIpc) is 2.52. The van der Waals surface area contributed by atoms with Gasteiger partial charge in [0, 0.05) is 11.6 Å². The predicted octanol–water partition coefficient (Wildman–Crippen LogP) is 3.43. The van der Waals surface area contributed by atoms with Crippen LogP contribution in [0.4, 0.5) is 0 Å². The van der Waals surface area contributed by atoms with E-state index in [4.69, 9.17) is 21.1 Å². The summed E-state index contributed by atoms with van der Waals surface area (Å²) in [7, 11) is 0. The molecule has 0 fully saturated rings. The molecule has 0 unspecified atom stereocenters. The molecule has 1 N–H and O–H groups in total. The molecule has 0 aromatic heterocycles. The maximum absolute atomic E-state index is 11.8. The van der Waals surface area contributed by atoms with Gasteiger partial charge in [0.1, 0.15) is 0 Å². The third-order valence-corrected chi connectivity index (χ3v) is 3.12. The number of carbonyl (C=O) groups excluding carboxylic acids is 1. The Bertz CT molecular complexity index is 631. The molecule has 4 nitrogen and oxygen atoms in total. The molecule has 0 heterocycles. The van der Waals surface area contributed by atoms with Gasteiger partial charge in [-0.2, -0.15) is 0 Å². The molecule has 0 aliphatic rings. The van der Waals surface area contributed by atoms with E-state index >= 15 is 0 Å². The fourth-order valence-electron chi connectivity index (χ4n) is 1.89. The number of ether oxygens (including phenoxy) is 2. The molecule has 0 spiro atoms. The number of amides is 1. The molecular weight excluding hydrogens is 302 g/mol. The van der Waals surface area contributed by atoms with E-state index in [0.717, 1.165) is 5.56 Å². The molecule has 0 aliphatic carbocycles. The molecule has 0 saturated carbocycles. The van der Waals surface area contributed by atoms with E-state index in [1.54, 1.807) is 12.1 Å².